The molecule has 0 N–H and O–H groups in total. The van der Waals surface area contributed by atoms with Gasteiger partial charge in [0.2, 0.25) is 0 Å². The zero-order valence-corrected chi connectivity index (χ0v) is 14.2. The van der Waals surface area contributed by atoms with Crippen molar-refractivity contribution in [2.75, 3.05) is 13.1 Å². The third-order valence-electron chi connectivity index (χ3n) is 4.10. The predicted molar refractivity (Wildman–Crippen MR) is 87.6 cm³/mol. The van der Waals surface area contributed by atoms with E-state index < -0.39 is 0 Å². The summed E-state index contributed by atoms with van der Waals surface area (Å²) in [6, 6.07) is 6.13. The lowest BCUT2D eigenvalue weighted by atomic mass is 10.1. The lowest BCUT2D eigenvalue weighted by Crippen LogP contribution is -2.34. The molecular formula is C16H21BrClNO. The van der Waals surface area contributed by atoms with Crippen molar-refractivity contribution in [2.24, 2.45) is 0 Å². The van der Waals surface area contributed by atoms with E-state index in [4.69, 9.17) is 11.6 Å². The molecule has 0 unspecified atom stereocenters. The van der Waals surface area contributed by atoms with E-state index in [0.717, 1.165) is 17.6 Å². The highest BCUT2D eigenvalue weighted by molar-refractivity contribution is 9.10. The van der Waals surface area contributed by atoms with Crippen molar-refractivity contribution >= 4 is 33.3 Å². The number of benzene rings is 1. The van der Waals surface area contributed by atoms with Crippen molar-refractivity contribution in [2.45, 2.75) is 45.1 Å². The van der Waals surface area contributed by atoms with Gasteiger partial charge in [0.05, 0.1) is 5.02 Å². The van der Waals surface area contributed by atoms with Crippen LogP contribution in [-0.2, 0) is 0 Å². The fourth-order valence-electron chi connectivity index (χ4n) is 2.96. The number of hydrogen-bond donors (Lipinski definition) is 0. The Bertz CT molecular complexity index is 472. The number of carbonyl (C=O) groups is 1. The fourth-order valence-corrected chi connectivity index (χ4v) is 3.74. The molecule has 0 aliphatic heterocycles. The quantitative estimate of drug-likeness (QED) is 0.671. The van der Waals surface area contributed by atoms with Crippen molar-refractivity contribution < 1.29 is 4.79 Å². The number of halogens is 2. The molecule has 0 spiro atoms. The number of hydrogen-bond acceptors (Lipinski definition) is 2. The van der Waals surface area contributed by atoms with Gasteiger partial charge in [0, 0.05) is 29.0 Å². The van der Waals surface area contributed by atoms with Gasteiger partial charge in [-0.3, -0.25) is 4.79 Å². The van der Waals surface area contributed by atoms with Crippen LogP contribution in [0.1, 0.15) is 49.4 Å². The van der Waals surface area contributed by atoms with E-state index in [1.807, 2.05) is 6.07 Å². The Kier molecular flexibility index (Phi) is 6.06. The van der Waals surface area contributed by atoms with Gasteiger partial charge >= 0.3 is 0 Å². The minimum absolute atomic E-state index is 0.138. The molecule has 1 saturated carbocycles. The molecule has 0 atom stereocenters. The summed E-state index contributed by atoms with van der Waals surface area (Å²) < 4.78 is 0.903. The van der Waals surface area contributed by atoms with Crippen molar-refractivity contribution in [3.05, 3.63) is 33.3 Å². The summed E-state index contributed by atoms with van der Waals surface area (Å²) in [6.45, 7) is 4.04. The summed E-state index contributed by atoms with van der Waals surface area (Å²) in [5.74, 6) is 0.138. The van der Waals surface area contributed by atoms with E-state index in [1.165, 1.54) is 25.7 Å². The van der Waals surface area contributed by atoms with Crippen molar-refractivity contribution in [3.63, 3.8) is 0 Å². The molecule has 1 aliphatic carbocycles. The number of carbonyl (C=O) groups excluding carboxylic acids is 1. The van der Waals surface area contributed by atoms with Gasteiger partial charge in [-0.25, -0.2) is 0 Å². The molecule has 4 heteroatoms. The normalized spacial score (nSPS) is 16.0. The van der Waals surface area contributed by atoms with E-state index in [0.29, 0.717) is 23.0 Å². The third kappa shape index (κ3) is 4.06. The van der Waals surface area contributed by atoms with Gasteiger partial charge in [-0.1, -0.05) is 47.3 Å². The summed E-state index contributed by atoms with van der Waals surface area (Å²) in [5, 5.41) is 0.535. The zero-order valence-electron chi connectivity index (χ0n) is 11.9. The molecule has 0 bridgehead atoms. The maximum Gasteiger partial charge on any atom is 0.165 e. The molecule has 0 amide bonds. The van der Waals surface area contributed by atoms with Crippen LogP contribution in [0.2, 0.25) is 5.02 Å². The van der Waals surface area contributed by atoms with Crippen molar-refractivity contribution in [3.8, 4) is 0 Å². The van der Waals surface area contributed by atoms with Crippen LogP contribution < -0.4 is 0 Å². The maximum atomic E-state index is 12.3. The second-order valence-electron chi connectivity index (χ2n) is 5.36. The van der Waals surface area contributed by atoms with Gasteiger partial charge in [-0.15, -0.1) is 0 Å². The van der Waals surface area contributed by atoms with Crippen LogP contribution >= 0.6 is 27.5 Å². The van der Waals surface area contributed by atoms with Crippen LogP contribution in [0.5, 0.6) is 0 Å². The van der Waals surface area contributed by atoms with Gasteiger partial charge in [-0.05, 0) is 37.6 Å². The van der Waals surface area contributed by atoms with E-state index in [1.54, 1.807) is 12.1 Å². The lowest BCUT2D eigenvalue weighted by molar-refractivity contribution is 0.0953. The first-order chi connectivity index (χ1) is 9.61. The fraction of sp³-hybridized carbons (Fsp3) is 0.562. The molecule has 0 heterocycles. The number of nitrogens with zero attached hydrogens (tertiary/aromatic N) is 1. The Hall–Kier alpha value is -0.380. The zero-order chi connectivity index (χ0) is 14.5. The topological polar surface area (TPSA) is 20.3 Å². The van der Waals surface area contributed by atoms with Crippen LogP contribution in [0.15, 0.2) is 22.7 Å². The monoisotopic (exact) mass is 357 g/mol. The highest BCUT2D eigenvalue weighted by Gasteiger charge is 2.22. The Morgan fingerprint density at radius 3 is 2.70 bits per heavy atom. The molecule has 1 aromatic rings. The predicted octanol–water partition coefficient (Wildman–Crippen LogP) is 4.94. The molecular weight excluding hydrogens is 338 g/mol. The van der Waals surface area contributed by atoms with Gasteiger partial charge in [0.15, 0.2) is 5.78 Å². The van der Waals surface area contributed by atoms with Crippen LogP contribution in [0.25, 0.3) is 0 Å². The smallest absolute Gasteiger partial charge is 0.165 e. The molecule has 1 fully saturated rings. The van der Waals surface area contributed by atoms with Crippen molar-refractivity contribution in [1.29, 1.82) is 0 Å². The molecule has 1 aliphatic rings. The average molecular weight is 359 g/mol. The Morgan fingerprint density at radius 1 is 1.40 bits per heavy atom. The third-order valence-corrected chi connectivity index (χ3v) is 4.91. The van der Waals surface area contributed by atoms with E-state index >= 15 is 0 Å². The summed E-state index contributed by atoms with van der Waals surface area (Å²) in [4.78, 5) is 14.7. The Balaban J connectivity index is 1.93. The standard InChI is InChI=1S/C16H21BrClNO/c1-2-19(13-5-3-4-6-13)10-9-16(20)14-8-7-12(17)11-15(14)18/h7-8,11,13H,2-6,9-10H2,1H3. The highest BCUT2D eigenvalue weighted by Crippen LogP contribution is 2.25. The van der Waals surface area contributed by atoms with E-state index in [2.05, 4.69) is 27.8 Å². The summed E-state index contributed by atoms with van der Waals surface area (Å²) in [6.07, 6.45) is 5.76. The first kappa shape index (κ1) is 16.0. The molecule has 0 aromatic heterocycles. The molecule has 1 aromatic carbocycles. The highest BCUT2D eigenvalue weighted by atomic mass is 79.9. The van der Waals surface area contributed by atoms with Crippen LogP contribution in [0, 0.1) is 0 Å². The second-order valence-corrected chi connectivity index (χ2v) is 6.69. The van der Waals surface area contributed by atoms with Crippen LogP contribution in [0.4, 0.5) is 0 Å². The first-order valence-corrected chi connectivity index (χ1v) is 8.51. The van der Waals surface area contributed by atoms with Crippen LogP contribution in [0.3, 0.4) is 0 Å². The number of ketones is 1. The van der Waals surface area contributed by atoms with Gasteiger partial charge in [0.25, 0.3) is 0 Å². The van der Waals surface area contributed by atoms with E-state index in [9.17, 15) is 4.79 Å². The molecule has 0 radical (unpaired) electrons. The Labute approximate surface area is 134 Å². The van der Waals surface area contributed by atoms with Gasteiger partial charge in [0.1, 0.15) is 0 Å². The molecule has 0 saturated heterocycles. The second kappa shape index (κ2) is 7.58. The summed E-state index contributed by atoms with van der Waals surface area (Å²) >= 11 is 9.50. The number of rotatable bonds is 6. The molecule has 110 valence electrons. The van der Waals surface area contributed by atoms with Crippen LogP contribution in [-0.4, -0.2) is 29.8 Å². The van der Waals surface area contributed by atoms with Crippen molar-refractivity contribution in [1.82, 2.24) is 4.90 Å². The Morgan fingerprint density at radius 2 is 2.10 bits per heavy atom. The maximum absolute atomic E-state index is 12.3. The minimum atomic E-state index is 0.138. The molecule has 20 heavy (non-hydrogen) atoms. The molecule has 2 nitrogen and oxygen atoms in total. The van der Waals surface area contributed by atoms with Gasteiger partial charge in [-0.2, -0.15) is 0 Å². The average Bonchev–Trinajstić information content (AvgIpc) is 2.93. The summed E-state index contributed by atoms with van der Waals surface area (Å²) in [7, 11) is 0. The molecule has 2 rings (SSSR count). The SMILES string of the molecule is CCN(CCC(=O)c1ccc(Br)cc1Cl)C1CCCC1. The summed E-state index contributed by atoms with van der Waals surface area (Å²) in [5.41, 5.74) is 0.636. The number of Topliss-reactive ketones (excluding diaryl/α,β-unsaturated/α-hetero) is 1. The van der Waals surface area contributed by atoms with E-state index in [-0.39, 0.29) is 5.78 Å². The largest absolute Gasteiger partial charge is 0.300 e. The first-order valence-electron chi connectivity index (χ1n) is 7.34. The minimum Gasteiger partial charge on any atom is -0.300 e. The van der Waals surface area contributed by atoms with Gasteiger partial charge < -0.3 is 4.90 Å². The lowest BCUT2D eigenvalue weighted by Gasteiger charge is -2.27.